The summed E-state index contributed by atoms with van der Waals surface area (Å²) in [6.07, 6.45) is 2.22. The second kappa shape index (κ2) is 10.6. The average molecular weight is 489 g/mol. The van der Waals surface area contributed by atoms with E-state index in [0.29, 0.717) is 31.7 Å². The number of methoxy groups -OCH3 is 1. The number of aryl methyl sites for hydroxylation is 2. The molecule has 1 saturated heterocycles. The number of hydrogen-bond acceptors (Lipinski definition) is 7. The van der Waals surface area contributed by atoms with Gasteiger partial charge in [-0.25, -0.2) is 4.68 Å². The fourth-order valence-corrected chi connectivity index (χ4v) is 4.74. The quantitative estimate of drug-likeness (QED) is 0.385. The molecule has 5 rings (SSSR count). The number of hydrogen-bond donors (Lipinski definition) is 1. The van der Waals surface area contributed by atoms with Crippen molar-refractivity contribution in [2.45, 2.75) is 59.0 Å². The fourth-order valence-electron chi connectivity index (χ4n) is 4.74. The Bertz CT molecular complexity index is 1390. The minimum absolute atomic E-state index is 0.0742. The van der Waals surface area contributed by atoms with E-state index in [9.17, 15) is 4.79 Å². The minimum atomic E-state index is -0.0742. The van der Waals surface area contributed by atoms with Gasteiger partial charge in [0.25, 0.3) is 5.56 Å². The van der Waals surface area contributed by atoms with Crippen LogP contribution in [0.5, 0.6) is 5.75 Å². The van der Waals surface area contributed by atoms with E-state index < -0.39 is 0 Å². The lowest BCUT2D eigenvalue weighted by Gasteiger charge is -2.22. The Morgan fingerprint density at radius 2 is 1.97 bits per heavy atom. The molecule has 9 heteroatoms. The van der Waals surface area contributed by atoms with E-state index in [-0.39, 0.29) is 11.7 Å². The van der Waals surface area contributed by atoms with Crippen molar-refractivity contribution in [3.63, 3.8) is 0 Å². The number of tetrazole rings is 1. The number of pyridine rings is 1. The highest BCUT2D eigenvalue weighted by Gasteiger charge is 2.21. The van der Waals surface area contributed by atoms with Gasteiger partial charge < -0.3 is 14.5 Å². The van der Waals surface area contributed by atoms with E-state index in [4.69, 9.17) is 9.47 Å². The number of nitrogens with one attached hydrogen (secondary N) is 1. The number of aromatic amines is 1. The molecule has 36 heavy (non-hydrogen) atoms. The molecule has 0 unspecified atom stereocenters. The molecular weight excluding hydrogens is 456 g/mol. The van der Waals surface area contributed by atoms with Crippen LogP contribution in [0.15, 0.2) is 47.3 Å². The summed E-state index contributed by atoms with van der Waals surface area (Å²) in [6.45, 7) is 7.09. The molecule has 0 spiro atoms. The van der Waals surface area contributed by atoms with Crippen molar-refractivity contribution < 1.29 is 9.47 Å². The lowest BCUT2D eigenvalue weighted by Crippen LogP contribution is -2.29. The van der Waals surface area contributed by atoms with Crippen LogP contribution >= 0.6 is 0 Å². The number of rotatable bonds is 9. The second-order valence-corrected chi connectivity index (χ2v) is 9.50. The summed E-state index contributed by atoms with van der Waals surface area (Å²) < 4.78 is 12.9. The maximum Gasteiger partial charge on any atom is 0.252 e. The van der Waals surface area contributed by atoms with E-state index in [1.807, 2.05) is 41.9 Å². The predicted octanol–water partition coefficient (Wildman–Crippen LogP) is 3.52. The Hall–Kier alpha value is -3.56. The van der Waals surface area contributed by atoms with Crippen LogP contribution in [0.4, 0.5) is 0 Å². The van der Waals surface area contributed by atoms with E-state index in [2.05, 4.69) is 44.5 Å². The molecule has 0 radical (unpaired) electrons. The number of aromatic nitrogens is 5. The summed E-state index contributed by atoms with van der Waals surface area (Å²) in [7, 11) is 1.66. The molecule has 0 saturated carbocycles. The molecule has 3 heterocycles. The van der Waals surface area contributed by atoms with Gasteiger partial charge in [0.2, 0.25) is 0 Å². The van der Waals surface area contributed by atoms with Crippen LogP contribution in [-0.2, 0) is 30.9 Å². The number of fused-ring (bicyclic) bond motifs is 1. The first-order valence-corrected chi connectivity index (χ1v) is 12.3. The number of ether oxygens (including phenoxy) is 2. The molecule has 1 aliphatic rings. The topological polar surface area (TPSA) is 98.2 Å². The lowest BCUT2D eigenvalue weighted by molar-refractivity contribution is 0.0914. The first-order chi connectivity index (χ1) is 17.5. The van der Waals surface area contributed by atoms with Crippen LogP contribution in [0.3, 0.4) is 0 Å². The Balaban J connectivity index is 1.43. The van der Waals surface area contributed by atoms with Gasteiger partial charge in [0.1, 0.15) is 5.75 Å². The van der Waals surface area contributed by atoms with Gasteiger partial charge in [-0.15, -0.1) is 5.10 Å². The zero-order valence-electron chi connectivity index (χ0n) is 21.0. The van der Waals surface area contributed by atoms with Crippen molar-refractivity contribution in [3.8, 4) is 5.75 Å². The molecular formula is C27H32N6O3. The lowest BCUT2D eigenvalue weighted by atomic mass is 10.0. The first-order valence-electron chi connectivity index (χ1n) is 12.3. The van der Waals surface area contributed by atoms with Crippen LogP contribution < -0.4 is 10.3 Å². The molecule has 4 aromatic rings. The van der Waals surface area contributed by atoms with Crippen molar-refractivity contribution in [2.75, 3.05) is 13.7 Å². The molecule has 1 N–H and O–H groups in total. The van der Waals surface area contributed by atoms with Gasteiger partial charge >= 0.3 is 0 Å². The molecule has 1 aliphatic heterocycles. The van der Waals surface area contributed by atoms with Gasteiger partial charge in [0.15, 0.2) is 5.82 Å². The highest BCUT2D eigenvalue weighted by Crippen LogP contribution is 2.21. The average Bonchev–Trinajstić information content (AvgIpc) is 3.56. The van der Waals surface area contributed by atoms with Crippen molar-refractivity contribution in [1.82, 2.24) is 30.1 Å². The van der Waals surface area contributed by atoms with Gasteiger partial charge in [0.05, 0.1) is 31.8 Å². The van der Waals surface area contributed by atoms with Gasteiger partial charge in [-0.3, -0.25) is 9.69 Å². The molecule has 0 aliphatic carbocycles. The highest BCUT2D eigenvalue weighted by molar-refractivity contribution is 5.83. The number of H-pyrrole nitrogens is 1. The zero-order valence-corrected chi connectivity index (χ0v) is 21.0. The van der Waals surface area contributed by atoms with Crippen LogP contribution in [0.1, 0.15) is 40.9 Å². The third-order valence-corrected chi connectivity index (χ3v) is 6.96. The number of benzene rings is 2. The fraction of sp³-hybridized carbons (Fsp3) is 0.407. The SMILES string of the molecule is COc1ccc(CN(Cc2cc3ccc(C)c(C)c3[nH]c2=O)Cc2nnnn2C[C@@H]2CCCO2)cc1. The Kier molecular flexibility index (Phi) is 7.11. The Morgan fingerprint density at radius 1 is 1.14 bits per heavy atom. The van der Waals surface area contributed by atoms with Gasteiger partial charge in [-0.1, -0.05) is 24.3 Å². The van der Waals surface area contributed by atoms with E-state index in [1.54, 1.807) is 7.11 Å². The second-order valence-electron chi connectivity index (χ2n) is 9.50. The van der Waals surface area contributed by atoms with Crippen LogP contribution in [0.2, 0.25) is 0 Å². The maximum absolute atomic E-state index is 13.1. The molecule has 9 nitrogen and oxygen atoms in total. The van der Waals surface area contributed by atoms with Crippen molar-refractivity contribution >= 4 is 10.9 Å². The first kappa shape index (κ1) is 24.1. The van der Waals surface area contributed by atoms with Crippen molar-refractivity contribution in [2.24, 2.45) is 0 Å². The molecule has 1 atom stereocenters. The largest absolute Gasteiger partial charge is 0.497 e. The summed E-state index contributed by atoms with van der Waals surface area (Å²) in [5, 5.41) is 13.5. The standard InChI is InChI=1S/C27H32N6O3/c1-18-6-9-21-13-22(27(34)28-26(21)19(18)2)15-32(14-20-7-10-23(35-3)11-8-20)17-25-29-30-31-33(25)16-24-5-4-12-36-24/h6-11,13,24H,4-5,12,14-17H2,1-3H3,(H,28,34)/t24-/m0/s1. The highest BCUT2D eigenvalue weighted by atomic mass is 16.5. The third-order valence-electron chi connectivity index (χ3n) is 6.96. The molecule has 0 bridgehead atoms. The third kappa shape index (κ3) is 5.32. The molecule has 188 valence electrons. The Labute approximate surface area is 210 Å². The van der Waals surface area contributed by atoms with Gasteiger partial charge in [-0.2, -0.15) is 0 Å². The normalized spacial score (nSPS) is 15.7. The van der Waals surface area contributed by atoms with E-state index in [0.717, 1.165) is 58.6 Å². The monoisotopic (exact) mass is 488 g/mol. The molecule has 0 amide bonds. The molecule has 2 aromatic heterocycles. The van der Waals surface area contributed by atoms with Crippen LogP contribution in [0, 0.1) is 13.8 Å². The minimum Gasteiger partial charge on any atom is -0.497 e. The predicted molar refractivity (Wildman–Crippen MR) is 137 cm³/mol. The summed E-state index contributed by atoms with van der Waals surface area (Å²) in [4.78, 5) is 18.4. The maximum atomic E-state index is 13.1. The van der Waals surface area contributed by atoms with Crippen LogP contribution in [-0.4, -0.2) is 49.9 Å². The van der Waals surface area contributed by atoms with E-state index in [1.165, 1.54) is 0 Å². The van der Waals surface area contributed by atoms with Gasteiger partial charge in [0, 0.05) is 25.3 Å². The summed E-state index contributed by atoms with van der Waals surface area (Å²) in [6, 6.07) is 14.1. The number of nitrogens with zero attached hydrogens (tertiary/aromatic N) is 5. The Morgan fingerprint density at radius 3 is 2.72 bits per heavy atom. The molecule has 1 fully saturated rings. The van der Waals surface area contributed by atoms with E-state index >= 15 is 0 Å². The summed E-state index contributed by atoms with van der Waals surface area (Å²) in [5.41, 5.74) is 4.89. The van der Waals surface area contributed by atoms with Crippen molar-refractivity contribution in [3.05, 3.63) is 80.9 Å². The van der Waals surface area contributed by atoms with Crippen molar-refractivity contribution in [1.29, 1.82) is 0 Å². The molecule has 2 aromatic carbocycles. The van der Waals surface area contributed by atoms with Crippen LogP contribution in [0.25, 0.3) is 10.9 Å². The van der Waals surface area contributed by atoms with Gasteiger partial charge in [-0.05, 0) is 77.4 Å². The summed E-state index contributed by atoms with van der Waals surface area (Å²) >= 11 is 0. The smallest absolute Gasteiger partial charge is 0.252 e. The summed E-state index contributed by atoms with van der Waals surface area (Å²) in [5.74, 6) is 1.56. The zero-order chi connectivity index (χ0) is 25.1.